The van der Waals surface area contributed by atoms with E-state index >= 15 is 0 Å². The molecule has 0 fully saturated rings. The van der Waals surface area contributed by atoms with Crippen LogP contribution in [0.2, 0.25) is 0 Å². The molecule has 0 saturated carbocycles. The van der Waals surface area contributed by atoms with E-state index in [4.69, 9.17) is 4.74 Å². The average molecular weight is 211 g/mol. The number of rotatable bonds is 6. The van der Waals surface area contributed by atoms with Gasteiger partial charge in [-0.3, -0.25) is 0 Å². The third-order valence-electron chi connectivity index (χ3n) is 1.80. The van der Waals surface area contributed by atoms with Gasteiger partial charge in [0.1, 0.15) is 0 Å². The molecule has 0 aliphatic carbocycles. The summed E-state index contributed by atoms with van der Waals surface area (Å²) >= 11 is 1.86. The number of hydrogen-bond donors (Lipinski definition) is 1. The molecule has 0 spiro atoms. The third kappa shape index (κ3) is 4.03. The highest BCUT2D eigenvalue weighted by molar-refractivity contribution is 7.99. The maximum absolute atomic E-state index is 4.96. The van der Waals surface area contributed by atoms with Gasteiger partial charge in [-0.2, -0.15) is 0 Å². The quantitative estimate of drug-likeness (QED) is 0.577. The highest BCUT2D eigenvalue weighted by Crippen LogP contribution is 2.19. The second kappa shape index (κ2) is 6.74. The van der Waals surface area contributed by atoms with Crippen molar-refractivity contribution in [3.05, 3.63) is 24.3 Å². The second-order valence-electron chi connectivity index (χ2n) is 2.88. The van der Waals surface area contributed by atoms with Crippen LogP contribution in [0.15, 0.2) is 29.2 Å². The van der Waals surface area contributed by atoms with Gasteiger partial charge in [-0.25, -0.2) is 0 Å². The zero-order chi connectivity index (χ0) is 10.2. The molecule has 14 heavy (non-hydrogen) atoms. The predicted molar refractivity (Wildman–Crippen MR) is 63.2 cm³/mol. The zero-order valence-electron chi connectivity index (χ0n) is 8.75. The first-order valence-corrected chi connectivity index (χ1v) is 5.81. The van der Waals surface area contributed by atoms with Crippen LogP contribution in [0.25, 0.3) is 0 Å². The monoisotopic (exact) mass is 211 g/mol. The Morgan fingerprint density at radius 1 is 1.29 bits per heavy atom. The summed E-state index contributed by atoms with van der Waals surface area (Å²) < 4.78 is 4.96. The summed E-state index contributed by atoms with van der Waals surface area (Å²) in [5.41, 5.74) is 1.16. The maximum Gasteiger partial charge on any atom is 0.0635 e. The van der Waals surface area contributed by atoms with Crippen molar-refractivity contribution < 1.29 is 4.74 Å². The molecular weight excluding hydrogens is 194 g/mol. The number of benzene rings is 1. The van der Waals surface area contributed by atoms with Gasteiger partial charge in [0.15, 0.2) is 0 Å². The molecule has 1 rings (SSSR count). The minimum Gasteiger partial charge on any atom is -0.383 e. The molecule has 0 amide bonds. The van der Waals surface area contributed by atoms with Crippen LogP contribution in [-0.2, 0) is 4.74 Å². The van der Waals surface area contributed by atoms with Gasteiger partial charge < -0.3 is 10.1 Å². The summed E-state index contributed by atoms with van der Waals surface area (Å²) in [5, 5.41) is 3.28. The van der Waals surface area contributed by atoms with Crippen LogP contribution in [0.4, 0.5) is 5.69 Å². The summed E-state index contributed by atoms with van der Waals surface area (Å²) in [6.45, 7) is 3.76. The number of ether oxygens (including phenoxy) is 1. The Morgan fingerprint density at radius 2 is 2.00 bits per heavy atom. The molecule has 0 heterocycles. The molecule has 3 heteroatoms. The number of methoxy groups -OCH3 is 1. The van der Waals surface area contributed by atoms with Crippen LogP contribution in [0.1, 0.15) is 6.92 Å². The summed E-state index contributed by atoms with van der Waals surface area (Å²) in [6.07, 6.45) is 0. The standard InChI is InChI=1S/C11H17NOS/c1-3-14-11-6-4-10(5-7-11)12-8-9-13-2/h4-7,12H,3,8-9H2,1-2H3. The Kier molecular flexibility index (Phi) is 5.49. The van der Waals surface area contributed by atoms with E-state index < -0.39 is 0 Å². The van der Waals surface area contributed by atoms with Crippen LogP contribution in [-0.4, -0.2) is 26.0 Å². The Morgan fingerprint density at radius 3 is 2.57 bits per heavy atom. The van der Waals surface area contributed by atoms with E-state index in [1.165, 1.54) is 4.90 Å². The lowest BCUT2D eigenvalue weighted by Gasteiger charge is -2.06. The Labute approximate surface area is 90.0 Å². The van der Waals surface area contributed by atoms with Gasteiger partial charge in [-0.15, -0.1) is 11.8 Å². The molecule has 0 saturated heterocycles. The van der Waals surface area contributed by atoms with Gasteiger partial charge in [0.2, 0.25) is 0 Å². The molecule has 0 bridgehead atoms. The van der Waals surface area contributed by atoms with Crippen molar-refractivity contribution in [3.8, 4) is 0 Å². The Bertz CT molecular complexity index is 248. The molecule has 0 aromatic heterocycles. The number of hydrogen-bond acceptors (Lipinski definition) is 3. The van der Waals surface area contributed by atoms with E-state index in [2.05, 4.69) is 36.5 Å². The van der Waals surface area contributed by atoms with Crippen LogP contribution in [0, 0.1) is 0 Å². The van der Waals surface area contributed by atoms with Crippen LogP contribution in [0.3, 0.4) is 0 Å². The first-order valence-electron chi connectivity index (χ1n) is 4.82. The van der Waals surface area contributed by atoms with Gasteiger partial charge in [0, 0.05) is 24.2 Å². The van der Waals surface area contributed by atoms with Gasteiger partial charge >= 0.3 is 0 Å². The highest BCUT2D eigenvalue weighted by atomic mass is 32.2. The largest absolute Gasteiger partial charge is 0.383 e. The van der Waals surface area contributed by atoms with Crippen LogP contribution >= 0.6 is 11.8 Å². The lowest BCUT2D eigenvalue weighted by Crippen LogP contribution is -2.07. The fraction of sp³-hybridized carbons (Fsp3) is 0.455. The molecule has 0 radical (unpaired) electrons. The number of thioether (sulfide) groups is 1. The molecule has 0 unspecified atom stereocenters. The van der Waals surface area contributed by atoms with E-state index in [0.29, 0.717) is 0 Å². The third-order valence-corrected chi connectivity index (χ3v) is 2.69. The predicted octanol–water partition coefficient (Wildman–Crippen LogP) is 2.86. The molecule has 1 aromatic carbocycles. The van der Waals surface area contributed by atoms with Crippen molar-refractivity contribution in [3.63, 3.8) is 0 Å². The molecule has 1 N–H and O–H groups in total. The molecule has 0 aliphatic heterocycles. The first-order chi connectivity index (χ1) is 6.86. The molecule has 0 aliphatic rings. The van der Waals surface area contributed by atoms with Crippen LogP contribution in [0.5, 0.6) is 0 Å². The minimum atomic E-state index is 0.742. The summed E-state index contributed by atoms with van der Waals surface area (Å²) in [4.78, 5) is 1.32. The maximum atomic E-state index is 4.96. The SMILES string of the molecule is CCSc1ccc(NCCOC)cc1. The number of nitrogens with one attached hydrogen (secondary N) is 1. The van der Waals surface area contributed by atoms with Gasteiger partial charge in [-0.1, -0.05) is 6.92 Å². The summed E-state index contributed by atoms with van der Waals surface area (Å²) in [7, 11) is 1.71. The molecule has 0 atom stereocenters. The molecular formula is C11H17NOS. The van der Waals surface area contributed by atoms with E-state index in [9.17, 15) is 0 Å². The van der Waals surface area contributed by atoms with Gasteiger partial charge in [-0.05, 0) is 30.0 Å². The van der Waals surface area contributed by atoms with Crippen molar-refractivity contribution in [1.29, 1.82) is 0 Å². The zero-order valence-corrected chi connectivity index (χ0v) is 9.56. The smallest absolute Gasteiger partial charge is 0.0635 e. The van der Waals surface area contributed by atoms with E-state index in [-0.39, 0.29) is 0 Å². The fourth-order valence-electron chi connectivity index (χ4n) is 1.13. The minimum absolute atomic E-state index is 0.742. The van der Waals surface area contributed by atoms with E-state index in [1.807, 2.05) is 11.8 Å². The van der Waals surface area contributed by atoms with Crippen molar-refractivity contribution in [2.75, 3.05) is 31.3 Å². The van der Waals surface area contributed by atoms with E-state index in [1.54, 1.807) is 7.11 Å². The summed E-state index contributed by atoms with van der Waals surface area (Å²) in [6, 6.07) is 8.49. The first kappa shape index (κ1) is 11.4. The second-order valence-corrected chi connectivity index (χ2v) is 4.21. The Hall–Kier alpha value is -0.670. The van der Waals surface area contributed by atoms with E-state index in [0.717, 1.165) is 24.6 Å². The van der Waals surface area contributed by atoms with Crippen LogP contribution < -0.4 is 5.32 Å². The van der Waals surface area contributed by atoms with Crippen molar-refractivity contribution in [2.45, 2.75) is 11.8 Å². The average Bonchev–Trinajstić information content (AvgIpc) is 2.21. The lowest BCUT2D eigenvalue weighted by molar-refractivity contribution is 0.211. The van der Waals surface area contributed by atoms with Gasteiger partial charge in [0.25, 0.3) is 0 Å². The van der Waals surface area contributed by atoms with Crippen molar-refractivity contribution in [2.24, 2.45) is 0 Å². The normalized spacial score (nSPS) is 10.1. The molecule has 1 aromatic rings. The van der Waals surface area contributed by atoms with Crippen molar-refractivity contribution in [1.82, 2.24) is 0 Å². The highest BCUT2D eigenvalue weighted by Gasteiger charge is 1.93. The van der Waals surface area contributed by atoms with Crippen molar-refractivity contribution >= 4 is 17.4 Å². The Balaban J connectivity index is 2.38. The molecule has 78 valence electrons. The fourth-order valence-corrected chi connectivity index (χ4v) is 1.79. The lowest BCUT2D eigenvalue weighted by atomic mass is 10.3. The summed E-state index contributed by atoms with van der Waals surface area (Å²) in [5.74, 6) is 1.12. The van der Waals surface area contributed by atoms with Gasteiger partial charge in [0.05, 0.1) is 6.61 Å². The topological polar surface area (TPSA) is 21.3 Å². The number of anilines is 1. The molecule has 2 nitrogen and oxygen atoms in total.